The maximum atomic E-state index is 10.6. The Morgan fingerprint density at radius 3 is 2.30 bits per heavy atom. The summed E-state index contributed by atoms with van der Waals surface area (Å²) in [5, 5.41) is 17.2. The van der Waals surface area contributed by atoms with Crippen molar-refractivity contribution in [3.63, 3.8) is 0 Å². The first kappa shape index (κ1) is 28.7. The molecule has 7 nitrogen and oxygen atoms in total. The van der Waals surface area contributed by atoms with Crippen LogP contribution < -0.4 is 20.1 Å². The molecule has 0 saturated carbocycles. The van der Waals surface area contributed by atoms with Crippen molar-refractivity contribution < 1.29 is 14.6 Å². The molecule has 1 aromatic carbocycles. The molecule has 3 N–H and O–H groups in total. The van der Waals surface area contributed by atoms with Gasteiger partial charge in [0.05, 0.1) is 20.8 Å². The van der Waals surface area contributed by atoms with Crippen LogP contribution in [-0.2, 0) is 0 Å². The third kappa shape index (κ3) is 9.70. The van der Waals surface area contributed by atoms with Gasteiger partial charge in [0.15, 0.2) is 5.96 Å². The number of benzene rings is 1. The lowest BCUT2D eigenvalue weighted by Crippen LogP contribution is -2.41. The highest BCUT2D eigenvalue weighted by molar-refractivity contribution is 14.0. The minimum absolute atomic E-state index is 0. The lowest BCUT2D eigenvalue weighted by Gasteiger charge is -2.30. The van der Waals surface area contributed by atoms with E-state index in [1.807, 2.05) is 13.0 Å². The third-order valence-corrected chi connectivity index (χ3v) is 4.77. The Kier molecular flexibility index (Phi) is 14.9. The molecule has 174 valence electrons. The fourth-order valence-corrected chi connectivity index (χ4v) is 3.30. The van der Waals surface area contributed by atoms with Crippen molar-refractivity contribution >= 4 is 29.9 Å². The molecule has 0 aromatic heterocycles. The van der Waals surface area contributed by atoms with Gasteiger partial charge in [0.1, 0.15) is 17.6 Å². The van der Waals surface area contributed by atoms with Crippen LogP contribution in [0, 0.1) is 0 Å². The molecule has 0 saturated heterocycles. The van der Waals surface area contributed by atoms with Gasteiger partial charge in [-0.3, -0.25) is 9.89 Å². The number of ether oxygens (including phenoxy) is 2. The average Bonchev–Trinajstić information content (AvgIpc) is 2.70. The van der Waals surface area contributed by atoms with Gasteiger partial charge in [-0.05, 0) is 59.2 Å². The van der Waals surface area contributed by atoms with Crippen LogP contribution in [-0.4, -0.2) is 68.4 Å². The van der Waals surface area contributed by atoms with Crippen LogP contribution in [0.25, 0.3) is 0 Å². The number of hydrogen-bond donors (Lipinski definition) is 3. The van der Waals surface area contributed by atoms with Gasteiger partial charge in [-0.15, -0.1) is 24.0 Å². The topological polar surface area (TPSA) is 78.4 Å². The zero-order valence-corrected chi connectivity index (χ0v) is 21.9. The Balaban J connectivity index is 0.00000841. The predicted molar refractivity (Wildman–Crippen MR) is 135 cm³/mol. The lowest BCUT2D eigenvalue weighted by molar-refractivity contribution is 0.173. The number of aliphatic hydroxyl groups excluding tert-OH is 1. The molecule has 1 rings (SSSR count). The first-order valence-corrected chi connectivity index (χ1v) is 10.5. The SMILES string of the molecule is CCNC(=NCC(O)c1cc(OC)ccc1OC)NCCCN(C(C)C)C(C)C.I. The molecule has 0 aliphatic carbocycles. The molecule has 1 atom stereocenters. The number of nitrogens with one attached hydrogen (secondary N) is 2. The number of hydrogen-bond acceptors (Lipinski definition) is 5. The molecular weight excluding hydrogens is 495 g/mol. The molecule has 0 aliphatic rings. The van der Waals surface area contributed by atoms with Crippen molar-refractivity contribution in [1.82, 2.24) is 15.5 Å². The van der Waals surface area contributed by atoms with Crippen LogP contribution in [0.5, 0.6) is 11.5 Å². The third-order valence-electron chi connectivity index (χ3n) is 4.77. The quantitative estimate of drug-likeness (QED) is 0.165. The first-order chi connectivity index (χ1) is 13.8. The molecule has 8 heteroatoms. The van der Waals surface area contributed by atoms with E-state index in [4.69, 9.17) is 9.47 Å². The Labute approximate surface area is 199 Å². The summed E-state index contributed by atoms with van der Waals surface area (Å²) < 4.78 is 10.6. The van der Waals surface area contributed by atoms with E-state index in [1.165, 1.54) is 0 Å². The number of methoxy groups -OCH3 is 2. The maximum absolute atomic E-state index is 10.6. The zero-order valence-electron chi connectivity index (χ0n) is 19.6. The Morgan fingerprint density at radius 2 is 1.77 bits per heavy atom. The van der Waals surface area contributed by atoms with Crippen molar-refractivity contribution in [3.05, 3.63) is 23.8 Å². The summed E-state index contributed by atoms with van der Waals surface area (Å²) in [6.45, 7) is 13.8. The largest absolute Gasteiger partial charge is 0.497 e. The van der Waals surface area contributed by atoms with E-state index in [0.717, 1.165) is 26.1 Å². The van der Waals surface area contributed by atoms with Crippen LogP contribution in [0.2, 0.25) is 0 Å². The molecule has 0 radical (unpaired) electrons. The second-order valence-corrected chi connectivity index (χ2v) is 7.55. The van der Waals surface area contributed by atoms with E-state index in [9.17, 15) is 5.11 Å². The van der Waals surface area contributed by atoms with Gasteiger partial charge in [-0.1, -0.05) is 0 Å². The van der Waals surface area contributed by atoms with Crippen molar-refractivity contribution in [3.8, 4) is 11.5 Å². The van der Waals surface area contributed by atoms with Gasteiger partial charge in [-0.25, -0.2) is 0 Å². The summed E-state index contributed by atoms with van der Waals surface area (Å²) in [6, 6.07) is 6.45. The van der Waals surface area contributed by atoms with Crippen LogP contribution in [0.1, 0.15) is 52.7 Å². The smallest absolute Gasteiger partial charge is 0.191 e. The molecule has 0 amide bonds. The minimum Gasteiger partial charge on any atom is -0.497 e. The number of guanidine groups is 1. The van der Waals surface area contributed by atoms with E-state index >= 15 is 0 Å². The molecule has 0 heterocycles. The summed E-state index contributed by atoms with van der Waals surface area (Å²) in [6.07, 6.45) is 0.236. The Bertz CT molecular complexity index is 618. The van der Waals surface area contributed by atoms with Gasteiger partial charge in [0.25, 0.3) is 0 Å². The highest BCUT2D eigenvalue weighted by Crippen LogP contribution is 2.29. The fourth-order valence-electron chi connectivity index (χ4n) is 3.30. The van der Waals surface area contributed by atoms with Gasteiger partial charge in [0.2, 0.25) is 0 Å². The van der Waals surface area contributed by atoms with E-state index in [1.54, 1.807) is 26.4 Å². The van der Waals surface area contributed by atoms with Gasteiger partial charge in [-0.2, -0.15) is 0 Å². The van der Waals surface area contributed by atoms with Crippen LogP contribution in [0.15, 0.2) is 23.2 Å². The molecule has 1 aromatic rings. The van der Waals surface area contributed by atoms with Gasteiger partial charge < -0.3 is 25.2 Å². The zero-order chi connectivity index (χ0) is 21.8. The molecule has 0 bridgehead atoms. The van der Waals surface area contributed by atoms with E-state index in [-0.39, 0.29) is 30.5 Å². The molecule has 0 aliphatic heterocycles. The number of aliphatic imine (C=N–C) groups is 1. The molecular formula is C22H41IN4O3. The van der Waals surface area contributed by atoms with E-state index in [2.05, 4.69) is 48.2 Å². The van der Waals surface area contributed by atoms with Crippen LogP contribution >= 0.6 is 24.0 Å². The monoisotopic (exact) mass is 536 g/mol. The van der Waals surface area contributed by atoms with Gasteiger partial charge >= 0.3 is 0 Å². The van der Waals surface area contributed by atoms with Crippen molar-refractivity contribution in [2.45, 2.75) is 59.2 Å². The van der Waals surface area contributed by atoms with Gasteiger partial charge in [0, 0.05) is 37.3 Å². The standard InChI is InChI=1S/C22H40N4O3.HI/c1-8-23-22(24-12-9-13-26(16(2)3)17(4)5)25-15-20(27)19-14-18(28-6)10-11-21(19)29-7;/h10-11,14,16-17,20,27H,8-9,12-13,15H2,1-7H3,(H2,23,24,25);1H. The van der Waals surface area contributed by atoms with E-state index < -0.39 is 6.10 Å². The number of nitrogens with zero attached hydrogens (tertiary/aromatic N) is 2. The second kappa shape index (κ2) is 15.5. The molecule has 0 fully saturated rings. The van der Waals surface area contributed by atoms with Crippen molar-refractivity contribution in [2.75, 3.05) is 40.4 Å². The Hall–Kier alpha value is -1.26. The highest BCUT2D eigenvalue weighted by atomic mass is 127. The normalized spacial score (nSPS) is 12.7. The van der Waals surface area contributed by atoms with Crippen molar-refractivity contribution in [2.24, 2.45) is 4.99 Å². The van der Waals surface area contributed by atoms with Crippen molar-refractivity contribution in [1.29, 1.82) is 0 Å². The first-order valence-electron chi connectivity index (χ1n) is 10.5. The molecule has 0 spiro atoms. The maximum Gasteiger partial charge on any atom is 0.191 e. The summed E-state index contributed by atoms with van der Waals surface area (Å²) in [7, 11) is 3.19. The molecule has 30 heavy (non-hydrogen) atoms. The van der Waals surface area contributed by atoms with E-state index in [0.29, 0.717) is 35.1 Å². The number of rotatable bonds is 12. The average molecular weight is 536 g/mol. The summed E-state index contributed by atoms with van der Waals surface area (Å²) >= 11 is 0. The summed E-state index contributed by atoms with van der Waals surface area (Å²) in [5.41, 5.74) is 0.663. The summed E-state index contributed by atoms with van der Waals surface area (Å²) in [4.78, 5) is 7.02. The van der Waals surface area contributed by atoms with Crippen LogP contribution in [0.4, 0.5) is 0 Å². The summed E-state index contributed by atoms with van der Waals surface area (Å²) in [5.74, 6) is 2.00. The molecule has 1 unspecified atom stereocenters. The second-order valence-electron chi connectivity index (χ2n) is 7.55. The number of halogens is 1. The minimum atomic E-state index is -0.784. The lowest BCUT2D eigenvalue weighted by atomic mass is 10.1. The fraction of sp³-hybridized carbons (Fsp3) is 0.682. The Morgan fingerprint density at radius 1 is 1.10 bits per heavy atom. The predicted octanol–water partition coefficient (Wildman–Crippen LogP) is 3.42. The highest BCUT2D eigenvalue weighted by Gasteiger charge is 2.15. The number of aliphatic hydroxyl groups is 1. The van der Waals surface area contributed by atoms with Crippen LogP contribution in [0.3, 0.4) is 0 Å².